The molecule has 0 spiro atoms. The number of benzene rings is 2. The van der Waals surface area contributed by atoms with E-state index in [1.807, 2.05) is 31.2 Å². The molecule has 3 rings (SSSR count). The maximum atomic E-state index is 6.01. The van der Waals surface area contributed by atoms with Gasteiger partial charge in [0.2, 0.25) is 0 Å². The lowest BCUT2D eigenvalue weighted by atomic mass is 10.1. The molecule has 0 bridgehead atoms. The van der Waals surface area contributed by atoms with Gasteiger partial charge in [0.05, 0.1) is 0 Å². The SMILES string of the molecule is C=CCn1c(COc2cc(C)ccc2C)nnc1SCc1cccc(Br)c1. The normalized spacial score (nSPS) is 10.8. The van der Waals surface area contributed by atoms with Gasteiger partial charge in [-0.05, 0) is 48.7 Å². The van der Waals surface area contributed by atoms with Gasteiger partial charge in [-0.2, -0.15) is 0 Å². The van der Waals surface area contributed by atoms with E-state index >= 15 is 0 Å². The van der Waals surface area contributed by atoms with Crippen LogP contribution in [0.3, 0.4) is 0 Å². The summed E-state index contributed by atoms with van der Waals surface area (Å²) >= 11 is 5.18. The molecule has 1 heterocycles. The lowest BCUT2D eigenvalue weighted by Crippen LogP contribution is -2.08. The summed E-state index contributed by atoms with van der Waals surface area (Å²) in [5.41, 5.74) is 3.52. The third-order valence-electron chi connectivity index (χ3n) is 4.06. The zero-order valence-electron chi connectivity index (χ0n) is 15.5. The molecule has 0 aliphatic rings. The van der Waals surface area contributed by atoms with Crippen LogP contribution in [0.25, 0.3) is 0 Å². The molecule has 4 nitrogen and oxygen atoms in total. The highest BCUT2D eigenvalue weighted by Gasteiger charge is 2.13. The molecule has 27 heavy (non-hydrogen) atoms. The Hall–Kier alpha value is -2.05. The molecule has 0 N–H and O–H groups in total. The second kappa shape index (κ2) is 9.24. The van der Waals surface area contributed by atoms with Crippen LogP contribution in [0, 0.1) is 13.8 Å². The molecule has 140 valence electrons. The molecule has 6 heteroatoms. The van der Waals surface area contributed by atoms with Crippen LogP contribution in [0.1, 0.15) is 22.5 Å². The average Bonchev–Trinajstić information content (AvgIpc) is 3.03. The van der Waals surface area contributed by atoms with E-state index in [1.54, 1.807) is 11.8 Å². The Bertz CT molecular complexity index is 939. The summed E-state index contributed by atoms with van der Waals surface area (Å²) < 4.78 is 9.15. The van der Waals surface area contributed by atoms with Crippen LogP contribution in [0.4, 0.5) is 0 Å². The lowest BCUT2D eigenvalue weighted by Gasteiger charge is -2.11. The van der Waals surface area contributed by atoms with Gasteiger partial charge < -0.3 is 4.74 Å². The van der Waals surface area contributed by atoms with E-state index in [9.17, 15) is 0 Å². The largest absolute Gasteiger partial charge is 0.485 e. The minimum Gasteiger partial charge on any atom is -0.485 e. The summed E-state index contributed by atoms with van der Waals surface area (Å²) in [6.07, 6.45) is 1.86. The topological polar surface area (TPSA) is 39.9 Å². The first-order chi connectivity index (χ1) is 13.1. The van der Waals surface area contributed by atoms with Crippen LogP contribution in [-0.2, 0) is 18.9 Å². The number of hydrogen-bond donors (Lipinski definition) is 0. The molecule has 0 aliphatic carbocycles. The molecule has 3 aromatic rings. The Labute approximate surface area is 172 Å². The van der Waals surface area contributed by atoms with E-state index in [4.69, 9.17) is 4.74 Å². The maximum Gasteiger partial charge on any atom is 0.191 e. The van der Waals surface area contributed by atoms with Crippen molar-refractivity contribution < 1.29 is 4.74 Å². The van der Waals surface area contributed by atoms with E-state index in [0.29, 0.717) is 13.2 Å². The lowest BCUT2D eigenvalue weighted by molar-refractivity contribution is 0.287. The van der Waals surface area contributed by atoms with Gasteiger partial charge in [-0.3, -0.25) is 4.57 Å². The monoisotopic (exact) mass is 443 g/mol. The highest BCUT2D eigenvalue weighted by molar-refractivity contribution is 9.10. The summed E-state index contributed by atoms with van der Waals surface area (Å²) in [7, 11) is 0. The third-order valence-corrected chi connectivity index (χ3v) is 5.59. The van der Waals surface area contributed by atoms with Crippen LogP contribution in [0.5, 0.6) is 5.75 Å². The zero-order valence-corrected chi connectivity index (χ0v) is 17.9. The second-order valence-electron chi connectivity index (χ2n) is 6.27. The standard InChI is InChI=1S/C21H22BrN3OS/c1-4-10-25-20(13-26-19-11-15(2)8-9-16(19)3)23-24-21(25)27-14-17-6-5-7-18(22)12-17/h4-9,11-12H,1,10,13-14H2,2-3H3. The van der Waals surface area contributed by atoms with Gasteiger partial charge in [-0.15, -0.1) is 16.8 Å². The van der Waals surface area contributed by atoms with Gasteiger partial charge in [0.25, 0.3) is 0 Å². The van der Waals surface area contributed by atoms with Crippen molar-refractivity contribution in [1.29, 1.82) is 0 Å². The van der Waals surface area contributed by atoms with E-state index in [-0.39, 0.29) is 0 Å². The molecule has 0 fully saturated rings. The first-order valence-corrected chi connectivity index (χ1v) is 10.4. The van der Waals surface area contributed by atoms with Crippen LogP contribution >= 0.6 is 27.7 Å². The molecule has 0 unspecified atom stereocenters. The fourth-order valence-corrected chi connectivity index (χ4v) is 3.98. The second-order valence-corrected chi connectivity index (χ2v) is 8.13. The number of aromatic nitrogens is 3. The molecule has 0 saturated carbocycles. The predicted octanol–water partition coefficient (Wildman–Crippen LogP) is 5.71. The summed E-state index contributed by atoms with van der Waals surface area (Å²) in [4.78, 5) is 0. The van der Waals surface area contributed by atoms with Crippen LogP contribution in [0.15, 0.2) is 64.7 Å². The molecule has 0 saturated heterocycles. The van der Waals surface area contributed by atoms with E-state index in [1.165, 1.54) is 11.1 Å². The Morgan fingerprint density at radius 3 is 2.81 bits per heavy atom. The molecule has 0 atom stereocenters. The summed E-state index contributed by atoms with van der Waals surface area (Å²) in [5, 5.41) is 9.57. The Balaban J connectivity index is 1.72. The fourth-order valence-electron chi connectivity index (χ4n) is 2.62. The molecule has 1 aromatic heterocycles. The van der Waals surface area contributed by atoms with Crippen LogP contribution in [-0.4, -0.2) is 14.8 Å². The number of allylic oxidation sites excluding steroid dienone is 1. The molecule has 0 radical (unpaired) electrons. The van der Waals surface area contributed by atoms with Crippen molar-refractivity contribution in [2.75, 3.05) is 0 Å². The number of aryl methyl sites for hydroxylation is 2. The maximum absolute atomic E-state index is 6.01. The van der Waals surface area contributed by atoms with Crippen molar-refractivity contribution in [3.63, 3.8) is 0 Å². The summed E-state index contributed by atoms with van der Waals surface area (Å²) in [5.74, 6) is 2.51. The number of rotatable bonds is 8. The molecule has 0 aliphatic heterocycles. The van der Waals surface area contributed by atoms with E-state index < -0.39 is 0 Å². The molecule has 2 aromatic carbocycles. The smallest absolute Gasteiger partial charge is 0.191 e. The van der Waals surface area contributed by atoms with Gasteiger partial charge >= 0.3 is 0 Å². The third kappa shape index (κ3) is 5.23. The Kier molecular flexibility index (Phi) is 6.74. The summed E-state index contributed by atoms with van der Waals surface area (Å²) in [6, 6.07) is 14.5. The first-order valence-electron chi connectivity index (χ1n) is 8.67. The van der Waals surface area contributed by atoms with Crippen LogP contribution < -0.4 is 4.74 Å². The highest BCUT2D eigenvalue weighted by Crippen LogP contribution is 2.25. The van der Waals surface area contributed by atoms with Crippen molar-refractivity contribution >= 4 is 27.7 Å². The first kappa shape index (κ1) is 19.7. The minimum atomic E-state index is 0.378. The summed E-state index contributed by atoms with van der Waals surface area (Å²) in [6.45, 7) is 8.99. The number of nitrogens with zero attached hydrogens (tertiary/aromatic N) is 3. The van der Waals surface area contributed by atoms with Crippen molar-refractivity contribution in [1.82, 2.24) is 14.8 Å². The van der Waals surface area contributed by atoms with Crippen molar-refractivity contribution in [3.8, 4) is 5.75 Å². The minimum absolute atomic E-state index is 0.378. The quantitative estimate of drug-likeness (QED) is 0.329. The van der Waals surface area contributed by atoms with Crippen molar-refractivity contribution in [2.45, 2.75) is 37.9 Å². The highest BCUT2D eigenvalue weighted by atomic mass is 79.9. The van der Waals surface area contributed by atoms with Gasteiger partial charge in [0.15, 0.2) is 11.0 Å². The number of ether oxygens (including phenoxy) is 1. The van der Waals surface area contributed by atoms with Gasteiger partial charge in [0, 0.05) is 16.8 Å². The van der Waals surface area contributed by atoms with Gasteiger partial charge in [-0.1, -0.05) is 58.0 Å². The van der Waals surface area contributed by atoms with Gasteiger partial charge in [-0.25, -0.2) is 0 Å². The van der Waals surface area contributed by atoms with E-state index in [2.05, 4.69) is 68.5 Å². The number of halogens is 1. The predicted molar refractivity (Wildman–Crippen MR) is 114 cm³/mol. The Morgan fingerprint density at radius 2 is 2.04 bits per heavy atom. The molecule has 0 amide bonds. The van der Waals surface area contributed by atoms with Gasteiger partial charge in [0.1, 0.15) is 12.4 Å². The number of hydrogen-bond acceptors (Lipinski definition) is 4. The zero-order chi connectivity index (χ0) is 19.2. The van der Waals surface area contributed by atoms with Crippen molar-refractivity contribution in [2.24, 2.45) is 0 Å². The average molecular weight is 444 g/mol. The Morgan fingerprint density at radius 1 is 1.19 bits per heavy atom. The van der Waals surface area contributed by atoms with Crippen LogP contribution in [0.2, 0.25) is 0 Å². The number of thioether (sulfide) groups is 1. The molecular formula is C21H22BrN3OS. The molecular weight excluding hydrogens is 422 g/mol. The van der Waals surface area contributed by atoms with Crippen molar-refractivity contribution in [3.05, 3.63) is 82.1 Å². The van der Waals surface area contributed by atoms with E-state index in [0.717, 1.165) is 32.5 Å². The fraction of sp³-hybridized carbons (Fsp3) is 0.238.